The lowest BCUT2D eigenvalue weighted by Gasteiger charge is -2.15. The second-order valence-electron chi connectivity index (χ2n) is 5.69. The van der Waals surface area contributed by atoms with Gasteiger partial charge in [-0.3, -0.25) is 10.1 Å². The average Bonchev–Trinajstić information content (AvgIpc) is 2.81. The fourth-order valence-electron chi connectivity index (χ4n) is 3.06. The molecule has 0 fully saturated rings. The van der Waals surface area contributed by atoms with E-state index in [1.54, 1.807) is 0 Å². The molecule has 0 aliphatic carbocycles. The van der Waals surface area contributed by atoms with Crippen molar-refractivity contribution >= 4 is 10.9 Å². The Morgan fingerprint density at radius 2 is 1.77 bits per heavy atom. The Kier molecular flexibility index (Phi) is 3.67. The van der Waals surface area contributed by atoms with Crippen LogP contribution >= 0.6 is 0 Å². The van der Waals surface area contributed by atoms with Gasteiger partial charge >= 0.3 is 0 Å². The van der Waals surface area contributed by atoms with Gasteiger partial charge in [-0.15, -0.1) is 0 Å². The highest BCUT2D eigenvalue weighted by Crippen LogP contribution is 2.33. The zero-order chi connectivity index (χ0) is 15.7. The van der Waals surface area contributed by atoms with Gasteiger partial charge < -0.3 is 4.98 Å². The van der Waals surface area contributed by atoms with Gasteiger partial charge in [0.05, 0.1) is 5.92 Å². The van der Waals surface area contributed by atoms with Gasteiger partial charge in [0.2, 0.25) is 6.54 Å². The van der Waals surface area contributed by atoms with E-state index in [2.05, 4.69) is 4.98 Å². The first-order chi connectivity index (χ1) is 10.6. The summed E-state index contributed by atoms with van der Waals surface area (Å²) < 4.78 is 0. The lowest BCUT2D eigenvalue weighted by molar-refractivity contribution is -0.481. The summed E-state index contributed by atoms with van der Waals surface area (Å²) >= 11 is 0. The summed E-state index contributed by atoms with van der Waals surface area (Å²) in [5, 5.41) is 12.3. The van der Waals surface area contributed by atoms with Crippen LogP contribution in [0.1, 0.15) is 28.3 Å². The highest BCUT2D eigenvalue weighted by molar-refractivity contribution is 5.85. The van der Waals surface area contributed by atoms with Crippen molar-refractivity contribution in [2.45, 2.75) is 19.8 Å². The summed E-state index contributed by atoms with van der Waals surface area (Å²) in [7, 11) is 0. The molecule has 0 bridgehead atoms. The number of hydrogen-bond donors (Lipinski definition) is 1. The van der Waals surface area contributed by atoms with Gasteiger partial charge in [0, 0.05) is 21.5 Å². The van der Waals surface area contributed by atoms with Crippen molar-refractivity contribution in [2.75, 3.05) is 6.54 Å². The van der Waals surface area contributed by atoms with Crippen LogP contribution in [0, 0.1) is 24.0 Å². The molecule has 1 atom stereocenters. The molecule has 4 heteroatoms. The zero-order valence-corrected chi connectivity index (χ0v) is 12.7. The SMILES string of the molecule is Cc1ccc([C@@H](C[N+](=O)[O-])c2c(C)[nH]c3ccccc23)cc1. The fourth-order valence-corrected chi connectivity index (χ4v) is 3.06. The zero-order valence-electron chi connectivity index (χ0n) is 12.7. The van der Waals surface area contributed by atoms with Crippen LogP contribution in [0.3, 0.4) is 0 Å². The first kappa shape index (κ1) is 14.3. The summed E-state index contributed by atoms with van der Waals surface area (Å²) in [4.78, 5) is 14.3. The summed E-state index contributed by atoms with van der Waals surface area (Å²) in [5.74, 6) is -0.244. The maximum atomic E-state index is 11.2. The highest BCUT2D eigenvalue weighted by Gasteiger charge is 2.25. The van der Waals surface area contributed by atoms with E-state index in [0.29, 0.717) is 0 Å². The average molecular weight is 294 g/mol. The Balaban J connectivity index is 2.17. The number of fused-ring (bicyclic) bond motifs is 1. The number of benzene rings is 2. The monoisotopic (exact) mass is 294 g/mol. The lowest BCUT2D eigenvalue weighted by Crippen LogP contribution is -2.14. The molecule has 3 aromatic rings. The molecule has 0 spiro atoms. The van der Waals surface area contributed by atoms with Crippen molar-refractivity contribution in [3.63, 3.8) is 0 Å². The molecule has 1 aromatic heterocycles. The summed E-state index contributed by atoms with van der Waals surface area (Å²) in [6.45, 7) is 3.89. The lowest BCUT2D eigenvalue weighted by atomic mass is 9.89. The molecule has 22 heavy (non-hydrogen) atoms. The van der Waals surface area contributed by atoms with E-state index in [-0.39, 0.29) is 17.4 Å². The number of hydrogen-bond acceptors (Lipinski definition) is 2. The Morgan fingerprint density at radius 1 is 1.09 bits per heavy atom. The van der Waals surface area contributed by atoms with Crippen LogP contribution in [0.25, 0.3) is 10.9 Å². The minimum Gasteiger partial charge on any atom is -0.358 e. The number of H-pyrrole nitrogens is 1. The predicted octanol–water partition coefficient (Wildman–Crippen LogP) is 4.19. The number of nitro groups is 1. The first-order valence-electron chi connectivity index (χ1n) is 7.32. The third kappa shape index (κ3) is 2.60. The molecule has 0 aliphatic heterocycles. The summed E-state index contributed by atoms with van der Waals surface area (Å²) in [6.07, 6.45) is 0. The van der Waals surface area contributed by atoms with Gasteiger partial charge in [-0.25, -0.2) is 0 Å². The molecule has 0 radical (unpaired) electrons. The number of rotatable bonds is 4. The molecular weight excluding hydrogens is 276 g/mol. The van der Waals surface area contributed by atoms with Crippen LogP contribution in [-0.2, 0) is 0 Å². The molecule has 3 rings (SSSR count). The smallest absolute Gasteiger partial charge is 0.214 e. The van der Waals surface area contributed by atoms with Crippen molar-refractivity contribution in [2.24, 2.45) is 0 Å². The van der Waals surface area contributed by atoms with E-state index in [1.165, 1.54) is 0 Å². The van der Waals surface area contributed by atoms with E-state index in [4.69, 9.17) is 0 Å². The van der Waals surface area contributed by atoms with E-state index < -0.39 is 0 Å². The predicted molar refractivity (Wildman–Crippen MR) is 87.9 cm³/mol. The van der Waals surface area contributed by atoms with Crippen LogP contribution in [-0.4, -0.2) is 16.5 Å². The molecule has 1 heterocycles. The van der Waals surface area contributed by atoms with E-state index >= 15 is 0 Å². The maximum absolute atomic E-state index is 11.2. The normalized spacial score (nSPS) is 12.5. The van der Waals surface area contributed by atoms with Gasteiger partial charge in [0.25, 0.3) is 0 Å². The fraction of sp³-hybridized carbons (Fsp3) is 0.222. The van der Waals surface area contributed by atoms with Crippen LogP contribution in [0.2, 0.25) is 0 Å². The number of aromatic amines is 1. The minimum atomic E-state index is -0.244. The summed E-state index contributed by atoms with van der Waals surface area (Å²) in [5.41, 5.74) is 5.18. The minimum absolute atomic E-state index is 0.105. The third-order valence-corrected chi connectivity index (χ3v) is 4.10. The first-order valence-corrected chi connectivity index (χ1v) is 7.32. The Labute approximate surface area is 128 Å². The third-order valence-electron chi connectivity index (χ3n) is 4.10. The van der Waals surface area contributed by atoms with E-state index in [9.17, 15) is 10.1 Å². The number of para-hydroxylation sites is 1. The molecule has 2 aromatic carbocycles. The number of aryl methyl sites for hydroxylation is 2. The van der Waals surface area contributed by atoms with Crippen LogP contribution in [0.15, 0.2) is 48.5 Å². The molecule has 0 unspecified atom stereocenters. The molecule has 0 amide bonds. The molecule has 0 aliphatic rings. The van der Waals surface area contributed by atoms with Crippen molar-refractivity contribution < 1.29 is 4.92 Å². The highest BCUT2D eigenvalue weighted by atomic mass is 16.6. The van der Waals surface area contributed by atoms with E-state index in [0.717, 1.165) is 33.3 Å². The quantitative estimate of drug-likeness (QED) is 0.579. The van der Waals surface area contributed by atoms with Crippen LogP contribution in [0.5, 0.6) is 0 Å². The largest absolute Gasteiger partial charge is 0.358 e. The van der Waals surface area contributed by atoms with Gasteiger partial charge in [-0.2, -0.15) is 0 Å². The van der Waals surface area contributed by atoms with Crippen molar-refractivity contribution in [1.82, 2.24) is 4.98 Å². The number of nitrogens with zero attached hydrogens (tertiary/aromatic N) is 1. The molecule has 0 saturated carbocycles. The maximum Gasteiger partial charge on any atom is 0.214 e. The number of nitrogens with one attached hydrogen (secondary N) is 1. The Bertz CT molecular complexity index is 819. The Morgan fingerprint density at radius 3 is 2.45 bits per heavy atom. The van der Waals surface area contributed by atoms with Crippen molar-refractivity contribution in [3.8, 4) is 0 Å². The number of aromatic nitrogens is 1. The van der Waals surface area contributed by atoms with Gasteiger partial charge in [0.1, 0.15) is 0 Å². The summed E-state index contributed by atoms with van der Waals surface area (Å²) in [6, 6.07) is 16.0. The van der Waals surface area contributed by atoms with Gasteiger partial charge in [0.15, 0.2) is 0 Å². The van der Waals surface area contributed by atoms with E-state index in [1.807, 2.05) is 62.4 Å². The van der Waals surface area contributed by atoms with Gasteiger partial charge in [-0.05, 0) is 31.0 Å². The van der Waals surface area contributed by atoms with Crippen molar-refractivity contribution in [1.29, 1.82) is 0 Å². The molecule has 112 valence electrons. The van der Waals surface area contributed by atoms with Crippen molar-refractivity contribution in [3.05, 3.63) is 81.0 Å². The Hall–Kier alpha value is -2.62. The molecule has 0 saturated heterocycles. The molecule has 1 N–H and O–H groups in total. The van der Waals surface area contributed by atoms with Crippen LogP contribution in [0.4, 0.5) is 0 Å². The van der Waals surface area contributed by atoms with Gasteiger partial charge in [-0.1, -0.05) is 48.0 Å². The molecule has 4 nitrogen and oxygen atoms in total. The second kappa shape index (κ2) is 5.64. The second-order valence-corrected chi connectivity index (χ2v) is 5.69. The molecular formula is C18H18N2O2. The standard InChI is InChI=1S/C18H18N2O2/c1-12-7-9-14(10-8-12)16(11-20(21)22)18-13(2)19-17-6-4-3-5-15(17)18/h3-10,16,19H,11H2,1-2H3/t16-/m1/s1. The topological polar surface area (TPSA) is 58.9 Å². The van der Waals surface area contributed by atoms with Crippen LogP contribution < -0.4 is 0 Å².